The maximum Gasteiger partial charge on any atom is 0.323 e. The van der Waals surface area contributed by atoms with Gasteiger partial charge in [-0.2, -0.15) is 0 Å². The van der Waals surface area contributed by atoms with E-state index in [0.717, 1.165) is 5.01 Å². The summed E-state index contributed by atoms with van der Waals surface area (Å²) < 4.78 is 0. The minimum absolute atomic E-state index is 0.218. The zero-order chi connectivity index (χ0) is 13.5. The number of rotatable bonds is 6. The molecule has 2 N–H and O–H groups in total. The lowest BCUT2D eigenvalue weighted by Gasteiger charge is -2.22. The van der Waals surface area contributed by atoms with E-state index >= 15 is 0 Å². The number of amides is 2. The Bertz CT molecular complexity index is 392. The van der Waals surface area contributed by atoms with Crippen LogP contribution in [0.15, 0.2) is 11.6 Å². The molecule has 0 aliphatic rings. The molecular weight excluding hydrogens is 254 g/mol. The highest BCUT2D eigenvalue weighted by atomic mass is 32.1. The van der Waals surface area contributed by atoms with Gasteiger partial charge >= 0.3 is 12.0 Å². The molecule has 100 valence electrons. The van der Waals surface area contributed by atoms with Crippen LogP contribution in [0.4, 0.5) is 4.79 Å². The Hall–Kier alpha value is -1.63. The minimum atomic E-state index is -1.01. The zero-order valence-corrected chi connectivity index (χ0v) is 11.2. The van der Waals surface area contributed by atoms with Crippen LogP contribution < -0.4 is 5.32 Å². The summed E-state index contributed by atoms with van der Waals surface area (Å²) in [4.78, 5) is 27.9. The van der Waals surface area contributed by atoms with Crippen molar-refractivity contribution in [1.82, 2.24) is 15.2 Å². The van der Waals surface area contributed by atoms with Crippen LogP contribution in [0.25, 0.3) is 0 Å². The molecule has 0 radical (unpaired) electrons. The molecule has 1 rings (SSSR count). The van der Waals surface area contributed by atoms with Crippen LogP contribution in [0, 0.1) is 5.92 Å². The number of aromatic nitrogens is 1. The summed E-state index contributed by atoms with van der Waals surface area (Å²) in [5, 5.41) is 14.1. The third kappa shape index (κ3) is 5.13. The number of carboxylic acid groups (broad SMARTS) is 1. The number of aliphatic carboxylic acids is 1. The van der Waals surface area contributed by atoms with Gasteiger partial charge in [-0.25, -0.2) is 9.78 Å². The van der Waals surface area contributed by atoms with Crippen molar-refractivity contribution >= 4 is 23.3 Å². The molecule has 0 saturated carbocycles. The van der Waals surface area contributed by atoms with E-state index in [4.69, 9.17) is 5.11 Å². The number of carbonyl (C=O) groups is 2. The molecule has 2 amide bonds. The van der Waals surface area contributed by atoms with Crippen molar-refractivity contribution in [3.05, 3.63) is 16.6 Å². The predicted octanol–water partition coefficient (Wildman–Crippen LogP) is 1.40. The standard InChI is InChI=1S/C11H17N3O3S/c1-8(2)6-14(7-10(15)16)11(17)13-5-9-12-3-4-18-9/h3-4,8H,5-7H2,1-2H3,(H,13,17)(H,15,16). The van der Waals surface area contributed by atoms with Crippen molar-refractivity contribution in [2.45, 2.75) is 20.4 Å². The van der Waals surface area contributed by atoms with Crippen LogP contribution in [-0.4, -0.2) is 40.1 Å². The molecule has 18 heavy (non-hydrogen) atoms. The highest BCUT2D eigenvalue weighted by Crippen LogP contribution is 2.04. The molecule has 7 heteroatoms. The van der Waals surface area contributed by atoms with Gasteiger partial charge in [-0.05, 0) is 5.92 Å². The predicted molar refractivity (Wildman–Crippen MR) is 68.4 cm³/mol. The summed E-state index contributed by atoms with van der Waals surface area (Å²) in [5.74, 6) is -0.796. The lowest BCUT2D eigenvalue weighted by Crippen LogP contribution is -2.44. The number of carboxylic acids is 1. The van der Waals surface area contributed by atoms with Crippen LogP contribution in [0.3, 0.4) is 0 Å². The Morgan fingerprint density at radius 3 is 2.78 bits per heavy atom. The highest BCUT2D eigenvalue weighted by molar-refractivity contribution is 7.09. The molecule has 0 aromatic carbocycles. The van der Waals surface area contributed by atoms with Crippen molar-refractivity contribution in [1.29, 1.82) is 0 Å². The fourth-order valence-electron chi connectivity index (χ4n) is 1.43. The SMILES string of the molecule is CC(C)CN(CC(=O)O)C(=O)NCc1nccs1. The Morgan fingerprint density at radius 1 is 1.56 bits per heavy atom. The van der Waals surface area contributed by atoms with E-state index in [9.17, 15) is 9.59 Å². The van der Waals surface area contributed by atoms with Crippen LogP contribution in [-0.2, 0) is 11.3 Å². The van der Waals surface area contributed by atoms with E-state index < -0.39 is 5.97 Å². The van der Waals surface area contributed by atoms with Gasteiger partial charge in [0.2, 0.25) is 0 Å². The molecule has 1 heterocycles. The number of thiazole rings is 1. The Kier molecular flexibility index (Phi) is 5.57. The van der Waals surface area contributed by atoms with Crippen molar-refractivity contribution in [3.8, 4) is 0 Å². The summed E-state index contributed by atoms with van der Waals surface area (Å²) in [5.41, 5.74) is 0. The van der Waals surface area contributed by atoms with E-state index in [1.54, 1.807) is 6.20 Å². The first kappa shape index (κ1) is 14.4. The molecule has 0 bridgehead atoms. The molecule has 0 aliphatic carbocycles. The van der Waals surface area contributed by atoms with Gasteiger partial charge in [0.1, 0.15) is 11.6 Å². The normalized spacial score (nSPS) is 10.4. The Balaban J connectivity index is 2.50. The first-order valence-electron chi connectivity index (χ1n) is 5.62. The van der Waals surface area contributed by atoms with Crippen molar-refractivity contribution in [2.75, 3.05) is 13.1 Å². The van der Waals surface area contributed by atoms with Gasteiger partial charge in [-0.15, -0.1) is 11.3 Å². The lowest BCUT2D eigenvalue weighted by molar-refractivity contribution is -0.137. The molecule has 0 fully saturated rings. The zero-order valence-electron chi connectivity index (χ0n) is 10.4. The number of urea groups is 1. The number of hydrogen-bond acceptors (Lipinski definition) is 4. The summed E-state index contributed by atoms with van der Waals surface area (Å²) in [6.45, 7) is 4.31. The van der Waals surface area contributed by atoms with Crippen LogP contribution in [0.5, 0.6) is 0 Å². The van der Waals surface area contributed by atoms with Gasteiger partial charge in [-0.3, -0.25) is 4.79 Å². The number of nitrogens with one attached hydrogen (secondary N) is 1. The molecule has 1 aromatic rings. The number of nitrogens with zero attached hydrogens (tertiary/aromatic N) is 2. The average Bonchev–Trinajstić information content (AvgIpc) is 2.76. The molecule has 0 atom stereocenters. The fraction of sp³-hybridized carbons (Fsp3) is 0.545. The van der Waals surface area contributed by atoms with Gasteiger partial charge in [0.05, 0.1) is 6.54 Å². The van der Waals surface area contributed by atoms with Gasteiger partial charge in [0.25, 0.3) is 0 Å². The minimum Gasteiger partial charge on any atom is -0.480 e. The second kappa shape index (κ2) is 6.95. The molecular formula is C11H17N3O3S. The van der Waals surface area contributed by atoms with E-state index in [1.807, 2.05) is 19.2 Å². The maximum atomic E-state index is 11.8. The van der Waals surface area contributed by atoms with Crippen LogP contribution in [0.1, 0.15) is 18.9 Å². The average molecular weight is 271 g/mol. The highest BCUT2D eigenvalue weighted by Gasteiger charge is 2.17. The quantitative estimate of drug-likeness (QED) is 0.819. The van der Waals surface area contributed by atoms with E-state index in [-0.39, 0.29) is 18.5 Å². The van der Waals surface area contributed by atoms with Gasteiger partial charge in [0.15, 0.2) is 0 Å². The third-order valence-corrected chi connectivity index (χ3v) is 2.85. The second-order valence-electron chi connectivity index (χ2n) is 4.25. The molecule has 1 aromatic heterocycles. The molecule has 0 unspecified atom stereocenters. The number of carbonyl (C=O) groups excluding carboxylic acids is 1. The number of hydrogen-bond donors (Lipinski definition) is 2. The summed E-state index contributed by atoms with van der Waals surface area (Å²) in [6, 6.07) is -0.374. The molecule has 0 aliphatic heterocycles. The van der Waals surface area contributed by atoms with E-state index in [0.29, 0.717) is 13.1 Å². The first-order chi connectivity index (χ1) is 8.49. The lowest BCUT2D eigenvalue weighted by atomic mass is 10.2. The molecule has 0 saturated heterocycles. The Labute approximate surface area is 110 Å². The summed E-state index contributed by atoms with van der Waals surface area (Å²) in [6.07, 6.45) is 1.66. The van der Waals surface area contributed by atoms with E-state index in [1.165, 1.54) is 16.2 Å². The van der Waals surface area contributed by atoms with Crippen LogP contribution in [0.2, 0.25) is 0 Å². The smallest absolute Gasteiger partial charge is 0.323 e. The first-order valence-corrected chi connectivity index (χ1v) is 6.50. The summed E-state index contributed by atoms with van der Waals surface area (Å²) >= 11 is 1.44. The largest absolute Gasteiger partial charge is 0.480 e. The van der Waals surface area contributed by atoms with Gasteiger partial charge < -0.3 is 15.3 Å². The third-order valence-electron chi connectivity index (χ3n) is 2.07. The van der Waals surface area contributed by atoms with E-state index in [2.05, 4.69) is 10.3 Å². The van der Waals surface area contributed by atoms with Gasteiger partial charge in [-0.1, -0.05) is 13.8 Å². The molecule has 6 nitrogen and oxygen atoms in total. The van der Waals surface area contributed by atoms with Crippen LogP contribution >= 0.6 is 11.3 Å². The topological polar surface area (TPSA) is 82.5 Å². The Morgan fingerprint density at radius 2 is 2.28 bits per heavy atom. The molecule has 0 spiro atoms. The fourth-order valence-corrected chi connectivity index (χ4v) is 1.98. The second-order valence-corrected chi connectivity index (χ2v) is 5.23. The maximum absolute atomic E-state index is 11.8. The monoisotopic (exact) mass is 271 g/mol. The van der Waals surface area contributed by atoms with Crippen molar-refractivity contribution in [2.24, 2.45) is 5.92 Å². The van der Waals surface area contributed by atoms with Crippen molar-refractivity contribution in [3.63, 3.8) is 0 Å². The summed E-state index contributed by atoms with van der Waals surface area (Å²) in [7, 11) is 0. The van der Waals surface area contributed by atoms with Crippen molar-refractivity contribution < 1.29 is 14.7 Å². The van der Waals surface area contributed by atoms with Gasteiger partial charge in [0, 0.05) is 18.1 Å².